The Bertz CT molecular complexity index is 1260. The molecular weight excluding hydrogens is 882 g/mol. The molecular formula is C35H53N3O4Y4. The number of aliphatic hydroxyl groups is 3. The number of aryl methyl sites for hydroxylation is 3. The number of hydrogen-bond acceptors (Lipinski definition) is 6. The van der Waals surface area contributed by atoms with Gasteiger partial charge >= 0.3 is 5.72 Å². The number of aldehydes is 1. The van der Waals surface area contributed by atoms with Gasteiger partial charge in [-0.15, -0.1) is 0 Å². The summed E-state index contributed by atoms with van der Waals surface area (Å²) < 4.78 is 0. The fraction of sp³-hybridized carbons (Fsp3) is 0.429. The van der Waals surface area contributed by atoms with Crippen molar-refractivity contribution in [3.63, 3.8) is 0 Å². The summed E-state index contributed by atoms with van der Waals surface area (Å²) in [6, 6.07) is 22.6. The summed E-state index contributed by atoms with van der Waals surface area (Å²) in [5.74, 6) is 0. The van der Waals surface area contributed by atoms with Crippen LogP contribution in [0.5, 0.6) is 0 Å². The second-order valence-electron chi connectivity index (χ2n) is 11.0. The molecule has 3 aromatic rings. The summed E-state index contributed by atoms with van der Waals surface area (Å²) in [7, 11) is 7.68. The van der Waals surface area contributed by atoms with E-state index in [2.05, 4.69) is 10.2 Å². The SMILES string of the molecule is C.CNC.Cc1cccc(C(C)(O)C=O)c1.Cc1cccc(C(C)(O)CN(C)C)c1.[C-]#[N+]C(C)(O)c1cccc(C)c1.[Y].[Y].[Y].[Y]. The molecule has 0 aliphatic carbocycles. The van der Waals surface area contributed by atoms with Crippen LogP contribution in [0.1, 0.15) is 61.6 Å². The molecule has 0 aromatic heterocycles. The summed E-state index contributed by atoms with van der Waals surface area (Å²) in [6.07, 6.45) is 0.543. The molecule has 244 valence electrons. The second-order valence-corrected chi connectivity index (χ2v) is 11.0. The Balaban J connectivity index is -0.000000119. The fourth-order valence-electron chi connectivity index (χ4n) is 3.72. The van der Waals surface area contributed by atoms with Crippen LogP contribution < -0.4 is 5.32 Å². The van der Waals surface area contributed by atoms with E-state index < -0.39 is 16.9 Å². The predicted octanol–water partition coefficient (Wildman–Crippen LogP) is 5.71. The van der Waals surface area contributed by atoms with E-state index in [4.69, 9.17) is 6.57 Å². The quantitative estimate of drug-likeness (QED) is 0.187. The maximum Gasteiger partial charge on any atom is 0.358 e. The van der Waals surface area contributed by atoms with Crippen LogP contribution in [0.15, 0.2) is 72.8 Å². The Kier molecular flexibility index (Phi) is 38.3. The number of nitrogens with zero attached hydrogens (tertiary/aromatic N) is 2. The zero-order chi connectivity index (χ0) is 31.9. The Labute approximate surface area is 380 Å². The van der Waals surface area contributed by atoms with Crippen LogP contribution in [-0.2, 0) is 153 Å². The molecule has 4 radical (unpaired) electrons. The minimum absolute atomic E-state index is 0. The molecule has 4 N–H and O–H groups in total. The average Bonchev–Trinajstić information content (AvgIpc) is 2.89. The van der Waals surface area contributed by atoms with Crippen molar-refractivity contribution < 1.29 is 151 Å². The number of rotatable bonds is 6. The number of carbonyl (C=O) groups excluding carboxylic acids is 1. The van der Waals surface area contributed by atoms with Gasteiger partial charge in [0.1, 0.15) is 5.60 Å². The van der Waals surface area contributed by atoms with Crippen LogP contribution in [-0.4, -0.2) is 61.2 Å². The molecule has 0 fully saturated rings. The summed E-state index contributed by atoms with van der Waals surface area (Å²) >= 11 is 0. The number of benzene rings is 3. The van der Waals surface area contributed by atoms with Crippen molar-refractivity contribution in [3.05, 3.63) is 118 Å². The summed E-state index contributed by atoms with van der Waals surface area (Å²) in [5.41, 5.74) is 2.03. The molecule has 0 spiro atoms. The minimum Gasteiger partial charge on any atom is -0.384 e. The Morgan fingerprint density at radius 1 is 0.739 bits per heavy atom. The van der Waals surface area contributed by atoms with E-state index in [1.54, 1.807) is 18.2 Å². The van der Waals surface area contributed by atoms with Gasteiger partial charge in [0.2, 0.25) is 0 Å². The first-order valence-electron chi connectivity index (χ1n) is 13.4. The van der Waals surface area contributed by atoms with Crippen molar-refractivity contribution in [1.82, 2.24) is 10.2 Å². The van der Waals surface area contributed by atoms with Crippen LogP contribution in [0.3, 0.4) is 0 Å². The van der Waals surface area contributed by atoms with E-state index in [-0.39, 0.29) is 138 Å². The molecule has 0 amide bonds. The number of carbonyl (C=O) groups is 1. The largest absolute Gasteiger partial charge is 0.384 e. The minimum atomic E-state index is -1.38. The van der Waals surface area contributed by atoms with Gasteiger partial charge < -0.3 is 25.5 Å². The van der Waals surface area contributed by atoms with Gasteiger partial charge in [-0.2, -0.15) is 0 Å². The number of nitrogens with one attached hydrogen (secondary N) is 1. The summed E-state index contributed by atoms with van der Waals surface area (Å²) in [6.45, 7) is 18.1. The van der Waals surface area contributed by atoms with Crippen LogP contribution in [0, 0.1) is 27.3 Å². The van der Waals surface area contributed by atoms with Gasteiger partial charge in [-0.3, -0.25) is 9.64 Å². The molecule has 3 unspecified atom stereocenters. The topological polar surface area (TPSA) is 97.4 Å². The van der Waals surface area contributed by atoms with Gasteiger partial charge in [-0.25, -0.2) is 6.57 Å². The molecule has 0 saturated carbocycles. The van der Waals surface area contributed by atoms with E-state index in [9.17, 15) is 20.1 Å². The van der Waals surface area contributed by atoms with Crippen LogP contribution >= 0.6 is 0 Å². The monoisotopic (exact) mass is 935 g/mol. The first-order valence-corrected chi connectivity index (χ1v) is 13.4. The Hall–Kier alpha value is 1.04. The number of hydrogen-bond donors (Lipinski definition) is 4. The van der Waals surface area contributed by atoms with Crippen molar-refractivity contribution in [3.8, 4) is 0 Å². The van der Waals surface area contributed by atoms with Gasteiger partial charge in [-0.1, -0.05) is 84.8 Å². The fourth-order valence-corrected chi connectivity index (χ4v) is 3.72. The first kappa shape index (κ1) is 59.2. The van der Waals surface area contributed by atoms with E-state index in [0.29, 0.717) is 24.0 Å². The summed E-state index contributed by atoms with van der Waals surface area (Å²) in [4.78, 5) is 15.6. The van der Waals surface area contributed by atoms with Crippen LogP contribution in [0.4, 0.5) is 0 Å². The zero-order valence-electron chi connectivity index (χ0n) is 28.7. The van der Waals surface area contributed by atoms with E-state index in [1.165, 1.54) is 19.4 Å². The molecule has 0 saturated heterocycles. The average molecular weight is 935 g/mol. The Morgan fingerprint density at radius 2 is 1.07 bits per heavy atom. The van der Waals surface area contributed by atoms with Crippen LogP contribution in [0.25, 0.3) is 4.85 Å². The van der Waals surface area contributed by atoms with Gasteiger partial charge in [0, 0.05) is 144 Å². The molecule has 3 aromatic carbocycles. The van der Waals surface area contributed by atoms with Gasteiger partial charge in [0.15, 0.2) is 6.29 Å². The maximum absolute atomic E-state index is 10.5. The second kappa shape index (κ2) is 29.7. The third-order valence-electron chi connectivity index (χ3n) is 5.88. The zero-order valence-corrected chi connectivity index (χ0v) is 40.0. The molecule has 7 nitrogen and oxygen atoms in total. The molecule has 3 atom stereocenters. The molecule has 0 aliphatic heterocycles. The van der Waals surface area contributed by atoms with Crippen molar-refractivity contribution in [2.75, 3.05) is 34.7 Å². The smallest absolute Gasteiger partial charge is 0.358 e. The molecule has 0 bridgehead atoms. The molecule has 46 heavy (non-hydrogen) atoms. The molecule has 11 heteroatoms. The summed E-state index contributed by atoms with van der Waals surface area (Å²) in [5, 5.41) is 32.1. The molecule has 3 rings (SSSR count). The maximum atomic E-state index is 10.5. The standard InChI is InChI=1S/C12H19NO.C10H11NO.C10H12O2.C2H7N.CH4.4Y/c1-10-6-5-7-11(8-10)12(2,14)9-13(3)4;1-8-5-4-6-9(7-8)10(2,12)11-3;1-8-4-3-5-9(6-8)10(2,12)7-11;1-3-2;;;;;/h5-8,14H,9H2,1-4H3;4-7,12H,1-2H3;3-7,12H,1-2H3;3H,1-2H3;1H4;;;;. The molecule has 0 heterocycles. The van der Waals surface area contributed by atoms with Gasteiger partial charge in [-0.05, 0) is 86.1 Å². The number of likely N-dealkylation sites (N-methyl/N-ethyl adjacent to an activating group) is 1. The third-order valence-corrected chi connectivity index (χ3v) is 5.88. The van der Waals surface area contributed by atoms with Gasteiger partial charge in [0.25, 0.3) is 0 Å². The Morgan fingerprint density at radius 3 is 1.39 bits per heavy atom. The van der Waals surface area contributed by atoms with E-state index in [1.807, 2.05) is 115 Å². The van der Waals surface area contributed by atoms with Crippen molar-refractivity contribution in [1.29, 1.82) is 0 Å². The third kappa shape index (κ3) is 24.2. The molecule has 0 aliphatic rings. The normalized spacial score (nSPS) is 13.0. The van der Waals surface area contributed by atoms with Crippen molar-refractivity contribution >= 4 is 6.29 Å². The first-order chi connectivity index (χ1) is 18.9. The predicted molar refractivity (Wildman–Crippen MR) is 175 cm³/mol. The van der Waals surface area contributed by atoms with Crippen molar-refractivity contribution in [2.24, 2.45) is 0 Å². The van der Waals surface area contributed by atoms with E-state index >= 15 is 0 Å². The van der Waals surface area contributed by atoms with Crippen LogP contribution in [0.2, 0.25) is 0 Å². The van der Waals surface area contributed by atoms with Gasteiger partial charge in [0.05, 0.1) is 11.2 Å². The van der Waals surface area contributed by atoms with E-state index in [0.717, 1.165) is 16.7 Å². The van der Waals surface area contributed by atoms with Crippen molar-refractivity contribution in [2.45, 2.75) is 65.9 Å².